The van der Waals surface area contributed by atoms with Gasteiger partial charge in [-0.25, -0.2) is 4.39 Å². The number of likely N-dealkylation sites (N-methyl/N-ethyl adjacent to an activating group) is 1. The van der Waals surface area contributed by atoms with Crippen LogP contribution in [0.2, 0.25) is 0 Å². The summed E-state index contributed by atoms with van der Waals surface area (Å²) in [7, 11) is 1.64. The fourth-order valence-corrected chi connectivity index (χ4v) is 2.44. The second-order valence-electron chi connectivity index (χ2n) is 3.29. The normalized spacial score (nSPS) is 18.6. The Bertz CT molecular complexity index is 481. The molecule has 0 bridgehead atoms. The molecule has 1 heterocycles. The van der Waals surface area contributed by atoms with Gasteiger partial charge in [0, 0.05) is 7.05 Å². The zero-order valence-electron chi connectivity index (χ0n) is 8.44. The van der Waals surface area contributed by atoms with E-state index in [0.29, 0.717) is 9.23 Å². The van der Waals surface area contributed by atoms with Gasteiger partial charge in [0.25, 0.3) is 5.91 Å². The first kappa shape index (κ1) is 11.3. The molecule has 1 aromatic carbocycles. The molecule has 5 heteroatoms. The summed E-state index contributed by atoms with van der Waals surface area (Å²) in [5.41, 5.74) is 0.787. The number of thiocarbonyl (C=S) groups is 1. The highest BCUT2D eigenvalue weighted by molar-refractivity contribution is 8.26. The predicted molar refractivity (Wildman–Crippen MR) is 67.3 cm³/mol. The monoisotopic (exact) mass is 253 g/mol. The van der Waals surface area contributed by atoms with Crippen LogP contribution in [-0.4, -0.2) is 22.2 Å². The average Bonchev–Trinajstić information content (AvgIpc) is 2.50. The number of thioether (sulfide) groups is 1. The number of carbonyl (C=O) groups is 1. The lowest BCUT2D eigenvalue weighted by molar-refractivity contribution is -0.121. The Morgan fingerprint density at radius 1 is 1.38 bits per heavy atom. The first-order valence-corrected chi connectivity index (χ1v) is 5.77. The van der Waals surface area contributed by atoms with Gasteiger partial charge in [0.1, 0.15) is 10.1 Å². The average molecular weight is 253 g/mol. The molecule has 1 amide bonds. The summed E-state index contributed by atoms with van der Waals surface area (Å²) in [5, 5.41) is 0. The Morgan fingerprint density at radius 2 is 2.00 bits per heavy atom. The van der Waals surface area contributed by atoms with Gasteiger partial charge in [-0.15, -0.1) is 0 Å². The zero-order chi connectivity index (χ0) is 11.7. The maximum absolute atomic E-state index is 12.7. The van der Waals surface area contributed by atoms with E-state index in [-0.39, 0.29) is 11.7 Å². The van der Waals surface area contributed by atoms with E-state index in [1.165, 1.54) is 28.8 Å². The number of amides is 1. The van der Waals surface area contributed by atoms with Crippen molar-refractivity contribution in [2.75, 3.05) is 7.05 Å². The quantitative estimate of drug-likeness (QED) is 0.567. The minimum Gasteiger partial charge on any atom is -0.296 e. The molecule has 2 rings (SSSR count). The van der Waals surface area contributed by atoms with E-state index in [2.05, 4.69) is 0 Å². The Labute approximate surface area is 102 Å². The lowest BCUT2D eigenvalue weighted by Crippen LogP contribution is -2.22. The molecule has 0 unspecified atom stereocenters. The number of rotatable bonds is 1. The van der Waals surface area contributed by atoms with Gasteiger partial charge in [0.15, 0.2) is 0 Å². The van der Waals surface area contributed by atoms with E-state index in [0.717, 1.165) is 5.56 Å². The number of nitrogens with zero attached hydrogens (tertiary/aromatic N) is 1. The molecule has 1 aromatic rings. The highest BCUT2D eigenvalue weighted by Gasteiger charge is 2.28. The third kappa shape index (κ3) is 2.15. The molecule has 0 atom stereocenters. The van der Waals surface area contributed by atoms with Gasteiger partial charge in [-0.2, -0.15) is 0 Å². The van der Waals surface area contributed by atoms with Crippen molar-refractivity contribution in [3.8, 4) is 0 Å². The molecule has 0 saturated carbocycles. The number of hydrogen-bond acceptors (Lipinski definition) is 3. The maximum Gasteiger partial charge on any atom is 0.265 e. The predicted octanol–water partition coefficient (Wildman–Crippen LogP) is 2.66. The van der Waals surface area contributed by atoms with E-state index < -0.39 is 0 Å². The van der Waals surface area contributed by atoms with Crippen LogP contribution in [0.3, 0.4) is 0 Å². The van der Waals surface area contributed by atoms with Gasteiger partial charge < -0.3 is 0 Å². The Morgan fingerprint density at radius 3 is 2.50 bits per heavy atom. The Hall–Kier alpha value is -1.20. The molecule has 0 spiro atoms. The van der Waals surface area contributed by atoms with Crippen LogP contribution in [0, 0.1) is 5.82 Å². The Kier molecular flexibility index (Phi) is 3.07. The molecule has 0 aliphatic carbocycles. The van der Waals surface area contributed by atoms with Crippen molar-refractivity contribution in [2.45, 2.75) is 0 Å². The van der Waals surface area contributed by atoms with Gasteiger partial charge >= 0.3 is 0 Å². The van der Waals surface area contributed by atoms with Crippen LogP contribution >= 0.6 is 24.0 Å². The molecule has 1 aliphatic rings. The number of hydrogen-bond donors (Lipinski definition) is 0. The molecule has 16 heavy (non-hydrogen) atoms. The van der Waals surface area contributed by atoms with Gasteiger partial charge in [-0.05, 0) is 23.8 Å². The molecule has 0 aromatic heterocycles. The molecular formula is C11H8FNOS2. The van der Waals surface area contributed by atoms with Gasteiger partial charge in [-0.3, -0.25) is 9.69 Å². The molecular weight excluding hydrogens is 245 g/mol. The molecule has 82 valence electrons. The molecule has 1 aliphatic heterocycles. The van der Waals surface area contributed by atoms with E-state index in [1.807, 2.05) is 0 Å². The van der Waals surface area contributed by atoms with Crippen molar-refractivity contribution in [1.29, 1.82) is 0 Å². The highest BCUT2D eigenvalue weighted by atomic mass is 32.2. The summed E-state index contributed by atoms with van der Waals surface area (Å²) in [6.45, 7) is 0. The summed E-state index contributed by atoms with van der Waals surface area (Å²) in [5.74, 6) is -0.403. The summed E-state index contributed by atoms with van der Waals surface area (Å²) < 4.78 is 13.2. The van der Waals surface area contributed by atoms with Crippen LogP contribution in [0.1, 0.15) is 5.56 Å². The molecule has 1 saturated heterocycles. The number of benzene rings is 1. The van der Waals surface area contributed by atoms with E-state index in [1.54, 1.807) is 25.3 Å². The first-order valence-electron chi connectivity index (χ1n) is 4.55. The van der Waals surface area contributed by atoms with Crippen LogP contribution in [-0.2, 0) is 4.79 Å². The van der Waals surface area contributed by atoms with Crippen LogP contribution in [0.25, 0.3) is 6.08 Å². The van der Waals surface area contributed by atoms with E-state index in [9.17, 15) is 9.18 Å². The minimum atomic E-state index is -0.291. The number of halogens is 1. The minimum absolute atomic E-state index is 0.112. The first-order chi connectivity index (χ1) is 7.58. The molecule has 2 nitrogen and oxygen atoms in total. The second-order valence-corrected chi connectivity index (χ2v) is 4.97. The highest BCUT2D eigenvalue weighted by Crippen LogP contribution is 2.31. The number of carbonyl (C=O) groups excluding carboxylic acids is 1. The van der Waals surface area contributed by atoms with Gasteiger partial charge in [0.05, 0.1) is 4.91 Å². The second kappa shape index (κ2) is 4.35. The van der Waals surface area contributed by atoms with Crippen molar-refractivity contribution in [1.82, 2.24) is 4.90 Å². The standard InChI is InChI=1S/C11H8FNOS2/c1-13-10(14)9(16-11(13)15)6-7-2-4-8(12)5-3-7/h2-6H,1H3/b9-6-. The van der Waals surface area contributed by atoms with Crippen molar-refractivity contribution in [3.05, 3.63) is 40.6 Å². The lowest BCUT2D eigenvalue weighted by atomic mass is 10.2. The maximum atomic E-state index is 12.7. The van der Waals surface area contributed by atoms with Crippen molar-refractivity contribution < 1.29 is 9.18 Å². The molecule has 1 fully saturated rings. The fourth-order valence-electron chi connectivity index (χ4n) is 1.26. The SMILES string of the molecule is CN1C(=O)/C(=C/c2ccc(F)cc2)SC1=S. The zero-order valence-corrected chi connectivity index (χ0v) is 10.1. The smallest absolute Gasteiger partial charge is 0.265 e. The molecule has 0 N–H and O–H groups in total. The van der Waals surface area contributed by atoms with Crippen LogP contribution in [0.5, 0.6) is 0 Å². The van der Waals surface area contributed by atoms with E-state index in [4.69, 9.17) is 12.2 Å². The lowest BCUT2D eigenvalue weighted by Gasteiger charge is -2.03. The third-order valence-corrected chi connectivity index (χ3v) is 3.64. The van der Waals surface area contributed by atoms with E-state index >= 15 is 0 Å². The summed E-state index contributed by atoms with van der Waals surface area (Å²) in [4.78, 5) is 13.7. The van der Waals surface area contributed by atoms with Crippen LogP contribution < -0.4 is 0 Å². The van der Waals surface area contributed by atoms with Gasteiger partial charge in [-0.1, -0.05) is 36.1 Å². The largest absolute Gasteiger partial charge is 0.296 e. The Balaban J connectivity index is 2.29. The summed E-state index contributed by atoms with van der Waals surface area (Å²) in [6.07, 6.45) is 1.71. The van der Waals surface area contributed by atoms with Crippen molar-refractivity contribution >= 4 is 40.3 Å². The molecule has 0 radical (unpaired) electrons. The topological polar surface area (TPSA) is 20.3 Å². The van der Waals surface area contributed by atoms with Crippen LogP contribution in [0.4, 0.5) is 4.39 Å². The summed E-state index contributed by atoms with van der Waals surface area (Å²) in [6, 6.07) is 5.96. The summed E-state index contributed by atoms with van der Waals surface area (Å²) >= 11 is 6.26. The van der Waals surface area contributed by atoms with Gasteiger partial charge in [0.2, 0.25) is 0 Å². The van der Waals surface area contributed by atoms with Crippen molar-refractivity contribution in [3.63, 3.8) is 0 Å². The third-order valence-electron chi connectivity index (χ3n) is 2.15. The van der Waals surface area contributed by atoms with Crippen LogP contribution in [0.15, 0.2) is 29.2 Å². The fraction of sp³-hybridized carbons (Fsp3) is 0.0909. The van der Waals surface area contributed by atoms with Crippen molar-refractivity contribution in [2.24, 2.45) is 0 Å².